The van der Waals surface area contributed by atoms with E-state index in [2.05, 4.69) is 21.5 Å². The molecule has 0 aromatic heterocycles. The first-order valence-electron chi connectivity index (χ1n) is 7.46. The van der Waals surface area contributed by atoms with Crippen molar-refractivity contribution < 1.29 is 9.59 Å². The average molecular weight is 290 g/mol. The quantitative estimate of drug-likeness (QED) is 0.662. The van der Waals surface area contributed by atoms with Gasteiger partial charge in [0.05, 0.1) is 5.41 Å². The van der Waals surface area contributed by atoms with E-state index in [1.54, 1.807) is 0 Å². The summed E-state index contributed by atoms with van der Waals surface area (Å²) in [5.41, 5.74) is 4.51. The lowest BCUT2D eigenvalue weighted by Gasteiger charge is -2.25. The van der Waals surface area contributed by atoms with E-state index in [4.69, 9.17) is 12.2 Å². The third-order valence-corrected chi connectivity index (χ3v) is 4.51. The highest BCUT2D eigenvalue weighted by molar-refractivity contribution is 5.83. The Balaban J connectivity index is 1.73. The Labute approximate surface area is 124 Å². The van der Waals surface area contributed by atoms with Crippen LogP contribution >= 0.6 is 0 Å². The minimum absolute atomic E-state index is 0.0834. The van der Waals surface area contributed by atoms with E-state index in [-0.39, 0.29) is 11.8 Å². The molecule has 0 aromatic carbocycles. The Bertz CT molecular complexity index is 480. The van der Waals surface area contributed by atoms with Gasteiger partial charge in [0.2, 0.25) is 11.8 Å². The summed E-state index contributed by atoms with van der Waals surface area (Å²) in [4.78, 5) is 23.5. The van der Waals surface area contributed by atoms with Crippen LogP contribution in [0, 0.1) is 17.8 Å². The smallest absolute Gasteiger partial charge is 0.225 e. The Hall–Kier alpha value is -1.90. The summed E-state index contributed by atoms with van der Waals surface area (Å²) in [6, 6.07) is 0. The number of carbonyl (C=O) groups excluding carboxylic acids is 2. The van der Waals surface area contributed by atoms with Crippen LogP contribution in [0.15, 0.2) is 10.2 Å². The topological polar surface area (TPSA) is 96.9 Å². The van der Waals surface area contributed by atoms with Crippen LogP contribution in [0.2, 0.25) is 0 Å². The van der Waals surface area contributed by atoms with Crippen molar-refractivity contribution in [3.05, 3.63) is 0 Å². The lowest BCUT2D eigenvalue weighted by molar-refractivity contribution is -0.128. The fourth-order valence-corrected chi connectivity index (χ4v) is 2.90. The van der Waals surface area contributed by atoms with Crippen LogP contribution in [0.4, 0.5) is 0 Å². The zero-order chi connectivity index (χ0) is 15.3. The molecule has 6 heteroatoms. The molecule has 6 nitrogen and oxygen atoms in total. The van der Waals surface area contributed by atoms with Crippen molar-refractivity contribution in [1.82, 2.24) is 5.32 Å². The molecule has 1 heterocycles. The maximum Gasteiger partial charge on any atom is 0.225 e. The first-order chi connectivity index (χ1) is 10.0. The van der Waals surface area contributed by atoms with Crippen molar-refractivity contribution in [2.45, 2.75) is 57.0 Å². The van der Waals surface area contributed by atoms with Crippen LogP contribution in [0.25, 0.3) is 0 Å². The van der Waals surface area contributed by atoms with Crippen molar-refractivity contribution in [3.8, 4) is 12.3 Å². The lowest BCUT2D eigenvalue weighted by Crippen LogP contribution is -2.44. The normalized spacial score (nSPS) is 20.7. The standard InChI is InChI=1S/C15H22N4O2/c1-2-3-9-15(18-19-15)10-6-12(20)17-11-14(13(16)21)7-4-5-8-14/h1H,3-11H2,(H2,16,21)(H,17,20). The summed E-state index contributed by atoms with van der Waals surface area (Å²) in [5, 5.41) is 10.8. The molecule has 0 aromatic rings. The van der Waals surface area contributed by atoms with E-state index in [0.717, 1.165) is 25.7 Å². The van der Waals surface area contributed by atoms with Gasteiger partial charge in [-0.05, 0) is 12.8 Å². The molecule has 0 radical (unpaired) electrons. The maximum atomic E-state index is 11.9. The fourth-order valence-electron chi connectivity index (χ4n) is 2.90. The summed E-state index contributed by atoms with van der Waals surface area (Å²) < 4.78 is 0. The number of hydrogen-bond acceptors (Lipinski definition) is 4. The number of nitrogens with zero attached hydrogens (tertiary/aromatic N) is 2. The molecule has 0 unspecified atom stereocenters. The third kappa shape index (κ3) is 3.81. The van der Waals surface area contributed by atoms with Gasteiger partial charge in [-0.15, -0.1) is 12.3 Å². The summed E-state index contributed by atoms with van der Waals surface area (Å²) in [6.07, 6.45) is 11.0. The molecule has 3 N–H and O–H groups in total. The van der Waals surface area contributed by atoms with E-state index in [9.17, 15) is 9.59 Å². The molecule has 1 aliphatic carbocycles. The highest BCUT2D eigenvalue weighted by Crippen LogP contribution is 2.38. The van der Waals surface area contributed by atoms with Crippen LogP contribution in [0.3, 0.4) is 0 Å². The van der Waals surface area contributed by atoms with Gasteiger partial charge in [-0.2, -0.15) is 10.2 Å². The zero-order valence-corrected chi connectivity index (χ0v) is 12.2. The van der Waals surface area contributed by atoms with Crippen LogP contribution < -0.4 is 11.1 Å². The monoisotopic (exact) mass is 290 g/mol. The third-order valence-electron chi connectivity index (χ3n) is 4.51. The largest absolute Gasteiger partial charge is 0.369 e. The molecule has 1 aliphatic heterocycles. The van der Waals surface area contributed by atoms with E-state index in [1.165, 1.54) is 0 Å². The van der Waals surface area contributed by atoms with Crippen LogP contribution in [-0.4, -0.2) is 24.0 Å². The highest BCUT2D eigenvalue weighted by Gasteiger charge is 2.41. The van der Waals surface area contributed by atoms with Crippen LogP contribution in [0.5, 0.6) is 0 Å². The molecular weight excluding hydrogens is 268 g/mol. The second-order valence-corrected chi connectivity index (χ2v) is 6.01. The van der Waals surface area contributed by atoms with Gasteiger partial charge in [-0.1, -0.05) is 12.8 Å². The molecular formula is C15H22N4O2. The Morgan fingerprint density at radius 2 is 1.90 bits per heavy atom. The first kappa shape index (κ1) is 15.5. The zero-order valence-electron chi connectivity index (χ0n) is 12.2. The summed E-state index contributed by atoms with van der Waals surface area (Å²) in [6.45, 7) is 0.340. The molecule has 0 spiro atoms. The Morgan fingerprint density at radius 3 is 2.43 bits per heavy atom. The minimum atomic E-state index is -0.550. The molecule has 1 saturated carbocycles. The number of nitrogens with one attached hydrogen (secondary N) is 1. The van der Waals surface area contributed by atoms with E-state index in [1.807, 2.05) is 0 Å². The van der Waals surface area contributed by atoms with Gasteiger partial charge in [0.1, 0.15) is 0 Å². The van der Waals surface area contributed by atoms with Gasteiger partial charge in [0.25, 0.3) is 0 Å². The predicted octanol–water partition coefficient (Wildman–Crippen LogP) is 1.50. The minimum Gasteiger partial charge on any atom is -0.369 e. The second-order valence-electron chi connectivity index (χ2n) is 6.01. The molecule has 0 bridgehead atoms. The van der Waals surface area contributed by atoms with Gasteiger partial charge in [0.15, 0.2) is 5.66 Å². The van der Waals surface area contributed by atoms with Crippen LogP contribution in [-0.2, 0) is 9.59 Å². The molecule has 2 rings (SSSR count). The lowest BCUT2D eigenvalue weighted by atomic mass is 9.85. The summed E-state index contributed by atoms with van der Waals surface area (Å²) >= 11 is 0. The van der Waals surface area contributed by atoms with E-state index in [0.29, 0.717) is 32.2 Å². The number of rotatable bonds is 8. The Kier molecular flexibility index (Phi) is 4.61. The van der Waals surface area contributed by atoms with Crippen molar-refractivity contribution in [3.63, 3.8) is 0 Å². The van der Waals surface area contributed by atoms with E-state index < -0.39 is 11.1 Å². The number of terminal acetylenes is 1. The molecule has 114 valence electrons. The van der Waals surface area contributed by atoms with Crippen LogP contribution in [0.1, 0.15) is 51.4 Å². The van der Waals surface area contributed by atoms with Gasteiger partial charge < -0.3 is 11.1 Å². The molecule has 1 fully saturated rings. The average Bonchev–Trinajstić information content (AvgIpc) is 3.07. The summed E-state index contributed by atoms with van der Waals surface area (Å²) in [5.74, 6) is 2.17. The SMILES string of the molecule is C#CCCC1(CCC(=O)NCC2(C(N)=O)CCCC2)N=N1. The molecule has 2 amide bonds. The number of primary amides is 1. The molecule has 21 heavy (non-hydrogen) atoms. The maximum absolute atomic E-state index is 11.9. The van der Waals surface area contributed by atoms with Crippen molar-refractivity contribution in [2.75, 3.05) is 6.54 Å². The first-order valence-corrected chi connectivity index (χ1v) is 7.46. The van der Waals surface area contributed by atoms with Crippen molar-refractivity contribution in [1.29, 1.82) is 0 Å². The van der Waals surface area contributed by atoms with Gasteiger partial charge in [0, 0.05) is 32.2 Å². The number of carbonyl (C=O) groups is 2. The summed E-state index contributed by atoms with van der Waals surface area (Å²) in [7, 11) is 0. The Morgan fingerprint density at radius 1 is 1.24 bits per heavy atom. The fraction of sp³-hybridized carbons (Fsp3) is 0.733. The van der Waals surface area contributed by atoms with Gasteiger partial charge in [-0.3, -0.25) is 9.59 Å². The second kappa shape index (κ2) is 6.25. The highest BCUT2D eigenvalue weighted by atomic mass is 16.2. The van der Waals surface area contributed by atoms with Crippen molar-refractivity contribution >= 4 is 11.8 Å². The number of nitrogens with two attached hydrogens (primary N) is 1. The molecule has 0 atom stereocenters. The molecule has 2 aliphatic rings. The van der Waals surface area contributed by atoms with E-state index >= 15 is 0 Å². The number of hydrogen-bond donors (Lipinski definition) is 2. The van der Waals surface area contributed by atoms with Crippen molar-refractivity contribution in [2.24, 2.45) is 21.4 Å². The predicted molar refractivity (Wildman–Crippen MR) is 78.0 cm³/mol. The van der Waals surface area contributed by atoms with Gasteiger partial charge in [-0.25, -0.2) is 0 Å². The van der Waals surface area contributed by atoms with Gasteiger partial charge >= 0.3 is 0 Å². The molecule has 0 saturated heterocycles. The number of amides is 2.